The van der Waals surface area contributed by atoms with Gasteiger partial charge in [-0.25, -0.2) is 0 Å². The van der Waals surface area contributed by atoms with Crippen molar-refractivity contribution >= 4 is 0 Å². The third-order valence-electron chi connectivity index (χ3n) is 4.19. The number of hydrogen-bond acceptors (Lipinski definition) is 2. The average Bonchev–Trinajstić information content (AvgIpc) is 2.18. The molecule has 0 aromatic carbocycles. The zero-order valence-electron chi connectivity index (χ0n) is 10.2. The normalized spacial score (nSPS) is 34.6. The molecule has 0 aliphatic carbocycles. The molecule has 0 radical (unpaired) electrons. The van der Waals surface area contributed by atoms with Gasteiger partial charge >= 0.3 is 0 Å². The Balaban J connectivity index is 1.89. The Morgan fingerprint density at radius 1 is 1.13 bits per heavy atom. The summed E-state index contributed by atoms with van der Waals surface area (Å²) in [5, 5.41) is 0. The molecule has 2 heterocycles. The maximum atomic E-state index is 5.57. The highest BCUT2D eigenvalue weighted by Gasteiger charge is 2.26. The van der Waals surface area contributed by atoms with Crippen LogP contribution in [0.5, 0.6) is 0 Å². The van der Waals surface area contributed by atoms with E-state index in [-0.39, 0.29) is 0 Å². The lowest BCUT2D eigenvalue weighted by molar-refractivity contribution is -0.0196. The Morgan fingerprint density at radius 3 is 2.80 bits per heavy atom. The molecule has 0 N–H and O–H groups in total. The van der Waals surface area contributed by atoms with Gasteiger partial charge in [0.15, 0.2) is 0 Å². The molecular weight excluding hydrogens is 186 g/mol. The van der Waals surface area contributed by atoms with E-state index < -0.39 is 0 Å². The van der Waals surface area contributed by atoms with Gasteiger partial charge in [0, 0.05) is 12.6 Å². The summed E-state index contributed by atoms with van der Waals surface area (Å²) < 4.78 is 5.57. The van der Waals surface area contributed by atoms with Gasteiger partial charge in [0.25, 0.3) is 0 Å². The van der Waals surface area contributed by atoms with Crippen LogP contribution in [-0.2, 0) is 4.74 Å². The smallest absolute Gasteiger partial charge is 0.0622 e. The maximum Gasteiger partial charge on any atom is 0.0622 e. The highest BCUT2D eigenvalue weighted by atomic mass is 16.5. The van der Waals surface area contributed by atoms with E-state index in [0.717, 1.165) is 37.6 Å². The van der Waals surface area contributed by atoms with Crippen LogP contribution < -0.4 is 0 Å². The first kappa shape index (κ1) is 11.4. The van der Waals surface area contributed by atoms with E-state index in [1.54, 1.807) is 0 Å². The van der Waals surface area contributed by atoms with Crippen molar-refractivity contribution in [3.8, 4) is 0 Å². The molecule has 0 aromatic rings. The number of hydrogen-bond donors (Lipinski definition) is 0. The topological polar surface area (TPSA) is 12.5 Å². The molecule has 0 aromatic heterocycles. The largest absolute Gasteiger partial charge is 0.378 e. The van der Waals surface area contributed by atoms with Crippen molar-refractivity contribution in [2.45, 2.75) is 45.6 Å². The summed E-state index contributed by atoms with van der Waals surface area (Å²) in [5.74, 6) is 1.82. The predicted molar refractivity (Wildman–Crippen MR) is 63.0 cm³/mol. The molecule has 2 nitrogen and oxygen atoms in total. The summed E-state index contributed by atoms with van der Waals surface area (Å²) in [6.07, 6.45) is 5.58. The first-order valence-electron chi connectivity index (χ1n) is 6.59. The van der Waals surface area contributed by atoms with Crippen LogP contribution in [0, 0.1) is 11.8 Å². The molecular formula is C13H25NO. The highest BCUT2D eigenvalue weighted by molar-refractivity contribution is 4.79. The molecule has 2 heteroatoms. The number of rotatable bonds is 1. The summed E-state index contributed by atoms with van der Waals surface area (Å²) in [6, 6.07) is 0.729. The standard InChI is InChI=1S/C13H25NO/c1-11(2)12-4-3-5-13-10-15-9-8-14(13)7-6-12/h11-13H,3-10H2,1-2H3/t12-,13?/m1/s1. The van der Waals surface area contributed by atoms with Gasteiger partial charge in [-0.05, 0) is 31.2 Å². The molecule has 2 atom stereocenters. The van der Waals surface area contributed by atoms with Crippen LogP contribution in [0.1, 0.15) is 39.5 Å². The zero-order valence-corrected chi connectivity index (χ0v) is 10.2. The van der Waals surface area contributed by atoms with Crippen molar-refractivity contribution in [3.63, 3.8) is 0 Å². The average molecular weight is 211 g/mol. The Morgan fingerprint density at radius 2 is 2.00 bits per heavy atom. The lowest BCUT2D eigenvalue weighted by Crippen LogP contribution is -2.47. The fourth-order valence-corrected chi connectivity index (χ4v) is 3.01. The van der Waals surface area contributed by atoms with E-state index in [0.29, 0.717) is 0 Å². The minimum absolute atomic E-state index is 0.729. The Labute approximate surface area is 94.0 Å². The van der Waals surface area contributed by atoms with Gasteiger partial charge < -0.3 is 4.74 Å². The molecule has 88 valence electrons. The van der Waals surface area contributed by atoms with Crippen LogP contribution in [0.4, 0.5) is 0 Å². The van der Waals surface area contributed by atoms with Crippen molar-refractivity contribution in [1.29, 1.82) is 0 Å². The highest BCUT2D eigenvalue weighted by Crippen LogP contribution is 2.27. The van der Waals surface area contributed by atoms with E-state index in [9.17, 15) is 0 Å². The van der Waals surface area contributed by atoms with Gasteiger partial charge in [0.2, 0.25) is 0 Å². The second-order valence-electron chi connectivity index (χ2n) is 5.49. The quantitative estimate of drug-likeness (QED) is 0.661. The Hall–Kier alpha value is -0.0800. The van der Waals surface area contributed by atoms with Crippen LogP contribution in [0.3, 0.4) is 0 Å². The van der Waals surface area contributed by atoms with Gasteiger partial charge in [0.1, 0.15) is 0 Å². The fourth-order valence-electron chi connectivity index (χ4n) is 3.01. The molecule has 0 spiro atoms. The summed E-state index contributed by atoms with van der Waals surface area (Å²) in [7, 11) is 0. The van der Waals surface area contributed by atoms with Crippen molar-refractivity contribution in [2.24, 2.45) is 11.8 Å². The van der Waals surface area contributed by atoms with E-state index >= 15 is 0 Å². The predicted octanol–water partition coefficient (Wildman–Crippen LogP) is 2.53. The van der Waals surface area contributed by atoms with Gasteiger partial charge in [-0.1, -0.05) is 26.7 Å². The van der Waals surface area contributed by atoms with E-state index in [4.69, 9.17) is 4.74 Å². The van der Waals surface area contributed by atoms with E-state index in [1.807, 2.05) is 0 Å². The van der Waals surface area contributed by atoms with Crippen molar-refractivity contribution < 1.29 is 4.74 Å². The molecule has 2 rings (SSSR count). The van der Waals surface area contributed by atoms with Crippen molar-refractivity contribution in [3.05, 3.63) is 0 Å². The van der Waals surface area contributed by atoms with Crippen molar-refractivity contribution in [2.75, 3.05) is 26.3 Å². The summed E-state index contributed by atoms with van der Waals surface area (Å²) in [5.41, 5.74) is 0. The third kappa shape index (κ3) is 2.94. The number of morpholine rings is 1. The molecule has 0 bridgehead atoms. The molecule has 2 fully saturated rings. The van der Waals surface area contributed by atoms with Crippen LogP contribution in [0.15, 0.2) is 0 Å². The maximum absolute atomic E-state index is 5.57. The van der Waals surface area contributed by atoms with Crippen LogP contribution in [0.2, 0.25) is 0 Å². The number of nitrogens with zero attached hydrogens (tertiary/aromatic N) is 1. The zero-order chi connectivity index (χ0) is 10.7. The van der Waals surface area contributed by atoms with Crippen LogP contribution in [-0.4, -0.2) is 37.2 Å². The SMILES string of the molecule is CC(C)[C@@H]1CCCC2COCCN2CC1. The molecule has 2 saturated heterocycles. The molecule has 2 aliphatic heterocycles. The molecule has 15 heavy (non-hydrogen) atoms. The molecule has 0 saturated carbocycles. The fraction of sp³-hybridized carbons (Fsp3) is 1.00. The summed E-state index contributed by atoms with van der Waals surface area (Å²) in [4.78, 5) is 2.66. The molecule has 2 aliphatic rings. The third-order valence-corrected chi connectivity index (χ3v) is 4.19. The lowest BCUT2D eigenvalue weighted by atomic mass is 9.85. The van der Waals surface area contributed by atoms with Crippen molar-refractivity contribution in [1.82, 2.24) is 4.90 Å². The number of ether oxygens (including phenoxy) is 1. The van der Waals surface area contributed by atoms with Gasteiger partial charge in [-0.3, -0.25) is 4.90 Å². The van der Waals surface area contributed by atoms with Gasteiger partial charge in [-0.2, -0.15) is 0 Å². The summed E-state index contributed by atoms with van der Waals surface area (Å²) >= 11 is 0. The summed E-state index contributed by atoms with van der Waals surface area (Å²) in [6.45, 7) is 9.15. The minimum atomic E-state index is 0.729. The number of fused-ring (bicyclic) bond motifs is 1. The Kier molecular flexibility index (Phi) is 4.04. The Bertz CT molecular complexity index is 193. The van der Waals surface area contributed by atoms with Gasteiger partial charge in [0.05, 0.1) is 13.2 Å². The second kappa shape index (κ2) is 5.31. The van der Waals surface area contributed by atoms with Gasteiger partial charge in [-0.15, -0.1) is 0 Å². The second-order valence-corrected chi connectivity index (χ2v) is 5.49. The monoisotopic (exact) mass is 211 g/mol. The first-order chi connectivity index (χ1) is 7.27. The molecule has 0 amide bonds. The lowest BCUT2D eigenvalue weighted by Gasteiger charge is -2.39. The van der Waals surface area contributed by atoms with E-state index in [2.05, 4.69) is 18.7 Å². The van der Waals surface area contributed by atoms with E-state index in [1.165, 1.54) is 32.2 Å². The minimum Gasteiger partial charge on any atom is -0.378 e. The first-order valence-corrected chi connectivity index (χ1v) is 6.59. The molecule has 1 unspecified atom stereocenters. The van der Waals surface area contributed by atoms with Crippen LogP contribution in [0.25, 0.3) is 0 Å². The van der Waals surface area contributed by atoms with Crippen LogP contribution >= 0.6 is 0 Å².